The fraction of sp³-hybridized carbons (Fsp3) is 0.588. The molecule has 1 fully saturated rings. The summed E-state index contributed by atoms with van der Waals surface area (Å²) in [6.07, 6.45) is 3.47. The van der Waals surface area contributed by atoms with Gasteiger partial charge in [-0.1, -0.05) is 12.1 Å². The molecule has 1 unspecified atom stereocenters. The van der Waals surface area contributed by atoms with Crippen molar-refractivity contribution in [2.24, 2.45) is 5.92 Å². The topological polar surface area (TPSA) is 41.1 Å². The number of hydrogen-bond donors (Lipinski definition) is 2. The highest BCUT2D eigenvalue weighted by Crippen LogP contribution is 2.23. The first-order valence-corrected chi connectivity index (χ1v) is 7.75. The molecule has 0 radical (unpaired) electrons. The zero-order chi connectivity index (χ0) is 15.3. The summed E-state index contributed by atoms with van der Waals surface area (Å²) in [5.74, 6) is 0.380. The van der Waals surface area contributed by atoms with E-state index < -0.39 is 5.41 Å². The number of benzene rings is 1. The summed E-state index contributed by atoms with van der Waals surface area (Å²) in [7, 11) is 0. The van der Waals surface area contributed by atoms with Crippen molar-refractivity contribution in [2.45, 2.75) is 38.5 Å². The molecular weight excluding hydrogens is 303 g/mol. The molecule has 22 heavy (non-hydrogen) atoms. The predicted octanol–water partition coefficient (Wildman–Crippen LogP) is 3.03. The van der Waals surface area contributed by atoms with Crippen LogP contribution in [0.3, 0.4) is 0 Å². The number of carbonyl (C=O) groups excluding carboxylic acids is 1. The Hall–Kier alpha value is -1.13. The second-order valence-corrected chi connectivity index (χ2v) is 6.39. The van der Waals surface area contributed by atoms with Crippen LogP contribution in [0, 0.1) is 11.7 Å². The van der Waals surface area contributed by atoms with Crippen LogP contribution in [0.2, 0.25) is 0 Å². The van der Waals surface area contributed by atoms with Crippen molar-refractivity contribution in [2.75, 3.05) is 19.6 Å². The Morgan fingerprint density at radius 3 is 2.64 bits per heavy atom. The van der Waals surface area contributed by atoms with Crippen LogP contribution in [0.15, 0.2) is 24.3 Å². The molecule has 2 rings (SSSR count). The maximum absolute atomic E-state index is 13.0. The highest BCUT2D eigenvalue weighted by molar-refractivity contribution is 5.87. The molecule has 0 bridgehead atoms. The Balaban J connectivity index is 0.00000242. The SMILES string of the molecule is CC(C)(C(=O)NCCC1CCCNC1)c1ccc(F)cc1.Cl. The number of piperidine rings is 1. The molecule has 3 nitrogen and oxygen atoms in total. The summed E-state index contributed by atoms with van der Waals surface area (Å²) in [6, 6.07) is 6.16. The molecule has 1 aromatic carbocycles. The zero-order valence-corrected chi connectivity index (χ0v) is 14.1. The largest absolute Gasteiger partial charge is 0.355 e. The minimum Gasteiger partial charge on any atom is -0.355 e. The first-order chi connectivity index (χ1) is 10.00. The quantitative estimate of drug-likeness (QED) is 0.872. The van der Waals surface area contributed by atoms with Gasteiger partial charge in [0.2, 0.25) is 5.91 Å². The van der Waals surface area contributed by atoms with E-state index in [-0.39, 0.29) is 24.1 Å². The first kappa shape index (κ1) is 18.9. The standard InChI is InChI=1S/C17H25FN2O.ClH/c1-17(2,14-5-7-15(18)8-6-14)16(21)20-11-9-13-4-3-10-19-12-13;/h5-8,13,19H,3-4,9-12H2,1-2H3,(H,20,21);1H. The van der Waals surface area contributed by atoms with E-state index in [1.807, 2.05) is 13.8 Å². The van der Waals surface area contributed by atoms with E-state index in [9.17, 15) is 9.18 Å². The molecular formula is C17H26ClFN2O. The Bertz CT molecular complexity index is 470. The van der Waals surface area contributed by atoms with Crippen LogP contribution in [-0.4, -0.2) is 25.5 Å². The highest BCUT2D eigenvalue weighted by Gasteiger charge is 2.29. The summed E-state index contributed by atoms with van der Waals surface area (Å²) in [6.45, 7) is 6.61. The number of halogens is 2. The zero-order valence-electron chi connectivity index (χ0n) is 13.3. The van der Waals surface area contributed by atoms with Crippen molar-refractivity contribution in [3.8, 4) is 0 Å². The predicted molar refractivity (Wildman–Crippen MR) is 89.9 cm³/mol. The Labute approximate surface area is 138 Å². The molecule has 1 aliphatic heterocycles. The van der Waals surface area contributed by atoms with E-state index in [2.05, 4.69) is 10.6 Å². The molecule has 5 heteroatoms. The molecule has 1 aromatic rings. The Morgan fingerprint density at radius 1 is 1.36 bits per heavy atom. The van der Waals surface area contributed by atoms with Gasteiger partial charge in [0, 0.05) is 6.54 Å². The van der Waals surface area contributed by atoms with Gasteiger partial charge in [-0.15, -0.1) is 12.4 Å². The van der Waals surface area contributed by atoms with Crippen LogP contribution in [0.5, 0.6) is 0 Å². The second-order valence-electron chi connectivity index (χ2n) is 6.39. The molecule has 2 N–H and O–H groups in total. The average Bonchev–Trinajstić information content (AvgIpc) is 2.48. The Morgan fingerprint density at radius 2 is 2.05 bits per heavy atom. The molecule has 1 heterocycles. The van der Waals surface area contributed by atoms with Gasteiger partial charge in [0.15, 0.2) is 0 Å². The van der Waals surface area contributed by atoms with Crippen molar-refractivity contribution in [3.05, 3.63) is 35.6 Å². The monoisotopic (exact) mass is 328 g/mol. The third-order valence-electron chi connectivity index (χ3n) is 4.37. The van der Waals surface area contributed by atoms with Crippen LogP contribution in [-0.2, 0) is 10.2 Å². The van der Waals surface area contributed by atoms with E-state index in [1.165, 1.54) is 25.0 Å². The summed E-state index contributed by atoms with van der Waals surface area (Å²) >= 11 is 0. The summed E-state index contributed by atoms with van der Waals surface area (Å²) in [5, 5.41) is 6.41. The van der Waals surface area contributed by atoms with Crippen molar-refractivity contribution in [1.82, 2.24) is 10.6 Å². The van der Waals surface area contributed by atoms with Gasteiger partial charge < -0.3 is 10.6 Å². The summed E-state index contributed by atoms with van der Waals surface area (Å²) in [4.78, 5) is 12.4. The van der Waals surface area contributed by atoms with Crippen LogP contribution < -0.4 is 10.6 Å². The highest BCUT2D eigenvalue weighted by atomic mass is 35.5. The number of nitrogens with one attached hydrogen (secondary N) is 2. The maximum atomic E-state index is 13.0. The van der Waals surface area contributed by atoms with E-state index in [0.717, 1.165) is 25.1 Å². The van der Waals surface area contributed by atoms with Crippen LogP contribution in [0.25, 0.3) is 0 Å². The molecule has 0 aromatic heterocycles. The molecule has 0 saturated carbocycles. The van der Waals surface area contributed by atoms with Crippen LogP contribution in [0.4, 0.5) is 4.39 Å². The molecule has 1 amide bonds. The van der Waals surface area contributed by atoms with Gasteiger partial charge in [-0.3, -0.25) is 4.79 Å². The summed E-state index contributed by atoms with van der Waals surface area (Å²) in [5.41, 5.74) is 0.194. The van der Waals surface area contributed by atoms with Crippen molar-refractivity contribution in [1.29, 1.82) is 0 Å². The van der Waals surface area contributed by atoms with Crippen molar-refractivity contribution in [3.63, 3.8) is 0 Å². The molecule has 1 aliphatic rings. The van der Waals surface area contributed by atoms with Gasteiger partial charge in [-0.25, -0.2) is 4.39 Å². The fourth-order valence-electron chi connectivity index (χ4n) is 2.78. The molecule has 1 atom stereocenters. The minimum atomic E-state index is -0.640. The van der Waals surface area contributed by atoms with Gasteiger partial charge >= 0.3 is 0 Å². The second kappa shape index (κ2) is 8.49. The van der Waals surface area contributed by atoms with E-state index in [4.69, 9.17) is 0 Å². The van der Waals surface area contributed by atoms with Gasteiger partial charge in [0.25, 0.3) is 0 Å². The smallest absolute Gasteiger partial charge is 0.230 e. The molecule has 124 valence electrons. The lowest BCUT2D eigenvalue weighted by molar-refractivity contribution is -0.125. The van der Waals surface area contributed by atoms with Crippen molar-refractivity contribution < 1.29 is 9.18 Å². The molecule has 1 saturated heterocycles. The fourth-order valence-corrected chi connectivity index (χ4v) is 2.78. The maximum Gasteiger partial charge on any atom is 0.230 e. The normalized spacial score (nSPS) is 18.4. The average molecular weight is 329 g/mol. The lowest BCUT2D eigenvalue weighted by Crippen LogP contribution is -2.41. The third-order valence-corrected chi connectivity index (χ3v) is 4.37. The van der Waals surface area contributed by atoms with Gasteiger partial charge in [-0.2, -0.15) is 0 Å². The number of carbonyl (C=O) groups is 1. The van der Waals surface area contributed by atoms with Gasteiger partial charge in [-0.05, 0) is 69.8 Å². The molecule has 0 aliphatic carbocycles. The lowest BCUT2D eigenvalue weighted by Gasteiger charge is -2.26. The van der Waals surface area contributed by atoms with Gasteiger partial charge in [0.05, 0.1) is 5.41 Å². The first-order valence-electron chi connectivity index (χ1n) is 7.75. The summed E-state index contributed by atoms with van der Waals surface area (Å²) < 4.78 is 13.0. The number of hydrogen-bond acceptors (Lipinski definition) is 2. The Kier molecular flexibility index (Phi) is 7.30. The third kappa shape index (κ3) is 4.96. The van der Waals surface area contributed by atoms with Gasteiger partial charge in [0.1, 0.15) is 5.82 Å². The molecule has 0 spiro atoms. The lowest BCUT2D eigenvalue weighted by atomic mass is 9.83. The van der Waals surface area contributed by atoms with Crippen LogP contribution >= 0.6 is 12.4 Å². The number of rotatable bonds is 5. The van der Waals surface area contributed by atoms with Crippen molar-refractivity contribution >= 4 is 18.3 Å². The van der Waals surface area contributed by atoms with E-state index >= 15 is 0 Å². The van der Waals surface area contributed by atoms with Crippen LogP contribution in [0.1, 0.15) is 38.7 Å². The van der Waals surface area contributed by atoms with E-state index in [1.54, 1.807) is 12.1 Å². The van der Waals surface area contributed by atoms with E-state index in [0.29, 0.717) is 12.5 Å². The minimum absolute atomic E-state index is 0. The number of amides is 1.